The van der Waals surface area contributed by atoms with Crippen LogP contribution in [0.4, 0.5) is 0 Å². The van der Waals surface area contributed by atoms with Crippen LogP contribution in [0.5, 0.6) is 0 Å². The lowest BCUT2D eigenvalue weighted by molar-refractivity contribution is 0.666. The van der Waals surface area contributed by atoms with Gasteiger partial charge in [-0.15, -0.1) is 0 Å². The van der Waals surface area contributed by atoms with E-state index >= 15 is 0 Å². The summed E-state index contributed by atoms with van der Waals surface area (Å²) in [5.74, 6) is 0.515. The zero-order valence-electron chi connectivity index (χ0n) is 31.5. The molecule has 6 nitrogen and oxygen atoms in total. The van der Waals surface area contributed by atoms with E-state index in [1.165, 1.54) is 10.8 Å². The van der Waals surface area contributed by atoms with Crippen molar-refractivity contribution in [1.29, 1.82) is 5.26 Å². The van der Waals surface area contributed by atoms with Crippen molar-refractivity contribution in [3.05, 3.63) is 194 Å². The Morgan fingerprint density at radius 2 is 0.983 bits per heavy atom. The molecule has 0 unspecified atom stereocenters. The maximum Gasteiger partial charge on any atom is 0.161 e. The molecule has 59 heavy (non-hydrogen) atoms. The fourth-order valence-electron chi connectivity index (χ4n) is 9.02. The molecule has 0 amide bonds. The summed E-state index contributed by atoms with van der Waals surface area (Å²) in [5, 5.41) is 17.2. The normalized spacial score (nSPS) is 11.7. The standard InChI is InChI=1S/C53H31N5O/c54-32-42-50(33-16-4-1-5-17-33)55-53(56-51(42)34-18-6-2-7-19-34)39-28-29-45(52-49(39)38-24-12-15-27-48(38)59-52)58-44-26-14-11-23-37(44)41-30-40-36-22-10-13-25-43(36)57(46(40)31-47(41)58)35-20-8-3-9-21-35/h1-31H. The number of benzene rings is 8. The molecule has 0 bridgehead atoms. The van der Waals surface area contributed by atoms with Crippen LogP contribution in [0.25, 0.3) is 111 Å². The third kappa shape index (κ3) is 4.92. The van der Waals surface area contributed by atoms with Crippen molar-refractivity contribution in [2.75, 3.05) is 0 Å². The summed E-state index contributed by atoms with van der Waals surface area (Å²) in [6.45, 7) is 0. The van der Waals surface area contributed by atoms with Crippen LogP contribution in [0.1, 0.15) is 5.56 Å². The first-order chi connectivity index (χ1) is 29.2. The first kappa shape index (κ1) is 32.9. The number of furan rings is 1. The number of hydrogen-bond acceptors (Lipinski definition) is 4. The fraction of sp³-hybridized carbons (Fsp3) is 0. The average Bonchev–Trinajstić information content (AvgIpc) is 3.96. The van der Waals surface area contributed by atoms with Crippen LogP contribution >= 0.6 is 0 Å². The van der Waals surface area contributed by atoms with E-state index in [1.54, 1.807) is 0 Å². The van der Waals surface area contributed by atoms with E-state index in [-0.39, 0.29) is 0 Å². The maximum atomic E-state index is 10.6. The Labute approximate surface area is 338 Å². The second kappa shape index (κ2) is 12.9. The number of rotatable bonds is 5. The van der Waals surface area contributed by atoms with Crippen molar-refractivity contribution in [3.63, 3.8) is 0 Å². The molecule has 0 aliphatic carbocycles. The number of nitriles is 1. The first-order valence-corrected chi connectivity index (χ1v) is 19.6. The lowest BCUT2D eigenvalue weighted by atomic mass is 9.99. The van der Waals surface area contributed by atoms with Crippen molar-refractivity contribution in [1.82, 2.24) is 19.1 Å². The van der Waals surface area contributed by atoms with Crippen LogP contribution in [0.2, 0.25) is 0 Å². The number of fused-ring (bicyclic) bond motifs is 9. The average molecular weight is 754 g/mol. The quantitative estimate of drug-likeness (QED) is 0.175. The molecule has 0 atom stereocenters. The van der Waals surface area contributed by atoms with E-state index in [9.17, 15) is 5.26 Å². The molecule has 0 N–H and O–H groups in total. The number of para-hydroxylation sites is 4. The lowest BCUT2D eigenvalue weighted by Gasteiger charge is -2.14. The summed E-state index contributed by atoms with van der Waals surface area (Å²) in [6.07, 6.45) is 0. The predicted octanol–water partition coefficient (Wildman–Crippen LogP) is 13.4. The molecule has 0 fully saturated rings. The molecule has 0 aliphatic heterocycles. The third-order valence-corrected chi connectivity index (χ3v) is 11.6. The minimum absolute atomic E-state index is 0.431. The fourth-order valence-corrected chi connectivity index (χ4v) is 9.02. The molecule has 12 rings (SSSR count). The van der Waals surface area contributed by atoms with E-state index in [4.69, 9.17) is 14.4 Å². The molecule has 0 spiro atoms. The first-order valence-electron chi connectivity index (χ1n) is 19.6. The van der Waals surface area contributed by atoms with Crippen LogP contribution in [-0.4, -0.2) is 19.1 Å². The van der Waals surface area contributed by atoms with E-state index in [2.05, 4.69) is 124 Å². The van der Waals surface area contributed by atoms with Gasteiger partial charge < -0.3 is 13.6 Å². The van der Waals surface area contributed by atoms with Gasteiger partial charge in [0, 0.05) is 54.7 Å². The molecule has 274 valence electrons. The highest BCUT2D eigenvalue weighted by Gasteiger charge is 2.25. The smallest absolute Gasteiger partial charge is 0.161 e. The Kier molecular flexibility index (Phi) is 7.19. The Hall–Kier alpha value is -8.27. The minimum atomic E-state index is 0.431. The van der Waals surface area contributed by atoms with Gasteiger partial charge in [0.05, 0.1) is 39.1 Å². The summed E-state index contributed by atoms with van der Waals surface area (Å²) in [6, 6.07) is 67.2. The van der Waals surface area contributed by atoms with Gasteiger partial charge in [-0.25, -0.2) is 9.97 Å². The molecule has 0 saturated carbocycles. The van der Waals surface area contributed by atoms with E-state index in [1.807, 2.05) is 78.9 Å². The highest BCUT2D eigenvalue weighted by atomic mass is 16.3. The molecular weight excluding hydrogens is 723 g/mol. The summed E-state index contributed by atoms with van der Waals surface area (Å²) in [7, 11) is 0. The second-order valence-corrected chi connectivity index (χ2v) is 14.8. The van der Waals surface area contributed by atoms with Crippen LogP contribution < -0.4 is 0 Å². The zero-order valence-corrected chi connectivity index (χ0v) is 31.5. The zero-order chi connectivity index (χ0) is 39.0. The van der Waals surface area contributed by atoms with Gasteiger partial charge in [-0.2, -0.15) is 5.26 Å². The molecule has 4 heterocycles. The van der Waals surface area contributed by atoms with Gasteiger partial charge in [0.2, 0.25) is 0 Å². The van der Waals surface area contributed by atoms with E-state index in [0.717, 1.165) is 82.8 Å². The van der Waals surface area contributed by atoms with Gasteiger partial charge in [0.25, 0.3) is 0 Å². The summed E-state index contributed by atoms with van der Waals surface area (Å²) in [5.41, 5.74) is 12.1. The van der Waals surface area contributed by atoms with E-state index < -0.39 is 0 Å². The van der Waals surface area contributed by atoms with Crippen molar-refractivity contribution < 1.29 is 4.42 Å². The number of aromatic nitrogens is 4. The van der Waals surface area contributed by atoms with Gasteiger partial charge in [0.15, 0.2) is 11.4 Å². The number of hydrogen-bond donors (Lipinski definition) is 0. The van der Waals surface area contributed by atoms with Crippen LogP contribution in [0.3, 0.4) is 0 Å². The van der Waals surface area contributed by atoms with Crippen molar-refractivity contribution in [2.45, 2.75) is 0 Å². The topological polar surface area (TPSA) is 72.6 Å². The molecule has 0 radical (unpaired) electrons. The van der Waals surface area contributed by atoms with Crippen molar-refractivity contribution in [3.8, 4) is 51.3 Å². The Morgan fingerprint density at radius 1 is 0.458 bits per heavy atom. The molecular formula is C53H31N5O. The summed E-state index contributed by atoms with van der Waals surface area (Å²) >= 11 is 0. The second-order valence-electron chi connectivity index (χ2n) is 14.8. The highest BCUT2D eigenvalue weighted by molar-refractivity contribution is 6.21. The third-order valence-electron chi connectivity index (χ3n) is 11.6. The van der Waals surface area contributed by atoms with E-state index in [0.29, 0.717) is 22.8 Å². The van der Waals surface area contributed by atoms with Crippen LogP contribution in [0.15, 0.2) is 192 Å². The minimum Gasteiger partial charge on any atom is -0.454 e. The Bertz CT molecular complexity index is 3610. The maximum absolute atomic E-state index is 10.6. The molecule has 0 saturated heterocycles. The molecule has 8 aromatic carbocycles. The molecule has 6 heteroatoms. The predicted molar refractivity (Wildman–Crippen MR) is 239 cm³/mol. The lowest BCUT2D eigenvalue weighted by Crippen LogP contribution is -2.02. The largest absolute Gasteiger partial charge is 0.454 e. The monoisotopic (exact) mass is 753 g/mol. The molecule has 4 aromatic heterocycles. The number of nitrogens with zero attached hydrogens (tertiary/aromatic N) is 5. The van der Waals surface area contributed by atoms with Crippen molar-refractivity contribution >= 4 is 65.6 Å². The molecule has 0 aliphatic rings. The van der Waals surface area contributed by atoms with Crippen LogP contribution in [0, 0.1) is 11.3 Å². The van der Waals surface area contributed by atoms with Gasteiger partial charge in [0.1, 0.15) is 17.2 Å². The highest BCUT2D eigenvalue weighted by Crippen LogP contribution is 2.44. The van der Waals surface area contributed by atoms with Crippen LogP contribution in [-0.2, 0) is 0 Å². The molecule has 12 aromatic rings. The summed E-state index contributed by atoms with van der Waals surface area (Å²) < 4.78 is 11.6. The SMILES string of the molecule is N#Cc1c(-c2ccccc2)nc(-c2ccc(-n3c4ccccc4c4cc5c6ccccc6n(-c6ccccc6)c5cc43)c3oc4ccccc4c23)nc1-c1ccccc1. The van der Waals surface area contributed by atoms with Gasteiger partial charge >= 0.3 is 0 Å². The Morgan fingerprint density at radius 3 is 1.61 bits per heavy atom. The van der Waals surface area contributed by atoms with Gasteiger partial charge in [-0.05, 0) is 54.6 Å². The van der Waals surface area contributed by atoms with Gasteiger partial charge in [-0.1, -0.05) is 133 Å². The Balaban J connectivity index is 1.18. The van der Waals surface area contributed by atoms with Crippen molar-refractivity contribution in [2.24, 2.45) is 0 Å². The summed E-state index contributed by atoms with van der Waals surface area (Å²) in [4.78, 5) is 10.4. The van der Waals surface area contributed by atoms with Gasteiger partial charge in [-0.3, -0.25) is 0 Å².